The number of aromatic nitrogens is 2. The molecular formula is C29H36N4O2. The van der Waals surface area contributed by atoms with Crippen molar-refractivity contribution >= 4 is 22.6 Å². The van der Waals surface area contributed by atoms with Crippen LogP contribution in [0.25, 0.3) is 10.9 Å². The summed E-state index contributed by atoms with van der Waals surface area (Å²) in [7, 11) is 0. The fourth-order valence-electron chi connectivity index (χ4n) is 5.73. The van der Waals surface area contributed by atoms with E-state index >= 15 is 0 Å². The first-order valence-electron chi connectivity index (χ1n) is 13.0. The normalized spacial score (nSPS) is 23.4. The summed E-state index contributed by atoms with van der Waals surface area (Å²) in [6.07, 6.45) is 4.19. The van der Waals surface area contributed by atoms with Gasteiger partial charge < -0.3 is 15.3 Å². The average molecular weight is 473 g/mol. The van der Waals surface area contributed by atoms with Crippen LogP contribution in [0.15, 0.2) is 42.5 Å². The summed E-state index contributed by atoms with van der Waals surface area (Å²) in [5.74, 6) is 2.40. The van der Waals surface area contributed by atoms with Gasteiger partial charge in [-0.05, 0) is 82.1 Å². The number of carbonyl (C=O) groups excluding carboxylic acids is 1. The van der Waals surface area contributed by atoms with Crippen molar-refractivity contribution in [2.75, 3.05) is 18.4 Å². The van der Waals surface area contributed by atoms with Gasteiger partial charge in [0, 0.05) is 30.4 Å². The SMILES string of the molecule is Cc1cccc([C@H](C)Nc2nc(C)nc3ccc(C4CCC(C(=O)N5CCC(O)C5)CC4)cc23)c1. The van der Waals surface area contributed by atoms with Gasteiger partial charge >= 0.3 is 0 Å². The topological polar surface area (TPSA) is 78.4 Å². The van der Waals surface area contributed by atoms with E-state index < -0.39 is 0 Å². The lowest BCUT2D eigenvalue weighted by atomic mass is 9.78. The van der Waals surface area contributed by atoms with Crippen molar-refractivity contribution in [3.63, 3.8) is 0 Å². The van der Waals surface area contributed by atoms with E-state index in [0.29, 0.717) is 25.4 Å². The molecular weight excluding hydrogens is 436 g/mol. The Labute approximate surface area is 207 Å². The number of benzene rings is 2. The Morgan fingerprint density at radius 3 is 2.57 bits per heavy atom. The molecule has 6 nitrogen and oxygen atoms in total. The highest BCUT2D eigenvalue weighted by Crippen LogP contribution is 2.38. The maximum absolute atomic E-state index is 12.9. The summed E-state index contributed by atoms with van der Waals surface area (Å²) in [6.45, 7) is 7.41. The van der Waals surface area contributed by atoms with Crippen molar-refractivity contribution in [3.05, 3.63) is 65.0 Å². The minimum Gasteiger partial charge on any atom is -0.391 e. The molecule has 2 aromatic carbocycles. The van der Waals surface area contributed by atoms with Crippen LogP contribution in [0.5, 0.6) is 0 Å². The lowest BCUT2D eigenvalue weighted by molar-refractivity contribution is -0.135. The first kappa shape index (κ1) is 23.7. The summed E-state index contributed by atoms with van der Waals surface area (Å²) in [5.41, 5.74) is 4.74. The van der Waals surface area contributed by atoms with Crippen molar-refractivity contribution in [1.29, 1.82) is 0 Å². The minimum atomic E-state index is -0.352. The van der Waals surface area contributed by atoms with Crippen LogP contribution in [0.2, 0.25) is 0 Å². The zero-order valence-electron chi connectivity index (χ0n) is 21.0. The molecule has 0 bridgehead atoms. The van der Waals surface area contributed by atoms with Gasteiger partial charge in [0.15, 0.2) is 0 Å². The first-order chi connectivity index (χ1) is 16.9. The molecule has 2 aliphatic rings. The van der Waals surface area contributed by atoms with E-state index in [9.17, 15) is 9.90 Å². The van der Waals surface area contributed by atoms with Crippen LogP contribution in [-0.4, -0.2) is 45.1 Å². The number of aliphatic hydroxyl groups excluding tert-OH is 1. The molecule has 0 radical (unpaired) electrons. The number of fused-ring (bicyclic) bond motifs is 1. The monoisotopic (exact) mass is 472 g/mol. The van der Waals surface area contributed by atoms with Crippen molar-refractivity contribution in [2.24, 2.45) is 5.92 Å². The Kier molecular flexibility index (Phi) is 6.74. The fourth-order valence-corrected chi connectivity index (χ4v) is 5.73. The zero-order valence-corrected chi connectivity index (χ0v) is 21.0. The minimum absolute atomic E-state index is 0.0930. The molecule has 2 atom stereocenters. The number of carbonyl (C=O) groups is 1. The van der Waals surface area contributed by atoms with Gasteiger partial charge in [-0.15, -0.1) is 0 Å². The number of hydrogen-bond acceptors (Lipinski definition) is 5. The van der Waals surface area contributed by atoms with Crippen LogP contribution in [0.1, 0.15) is 73.5 Å². The van der Waals surface area contributed by atoms with Gasteiger partial charge in [-0.1, -0.05) is 35.9 Å². The number of aliphatic hydroxyl groups is 1. The summed E-state index contributed by atoms with van der Waals surface area (Å²) in [5, 5.41) is 14.5. The number of nitrogens with one attached hydrogen (secondary N) is 1. The number of anilines is 1. The summed E-state index contributed by atoms with van der Waals surface area (Å²) in [4.78, 5) is 24.2. The van der Waals surface area contributed by atoms with Gasteiger partial charge in [-0.25, -0.2) is 9.97 Å². The van der Waals surface area contributed by atoms with Gasteiger partial charge in [-0.2, -0.15) is 0 Å². The lowest BCUT2D eigenvalue weighted by Crippen LogP contribution is -2.36. The smallest absolute Gasteiger partial charge is 0.225 e. The molecule has 1 aliphatic heterocycles. The third kappa shape index (κ3) is 5.18. The lowest BCUT2D eigenvalue weighted by Gasteiger charge is -2.31. The van der Waals surface area contributed by atoms with Crippen molar-refractivity contribution in [2.45, 2.75) is 70.9 Å². The average Bonchev–Trinajstić information content (AvgIpc) is 3.29. The largest absolute Gasteiger partial charge is 0.391 e. The highest BCUT2D eigenvalue weighted by atomic mass is 16.3. The van der Waals surface area contributed by atoms with E-state index in [-0.39, 0.29) is 24.0 Å². The van der Waals surface area contributed by atoms with Gasteiger partial charge in [0.25, 0.3) is 0 Å². The van der Waals surface area contributed by atoms with E-state index in [2.05, 4.69) is 66.6 Å². The molecule has 35 heavy (non-hydrogen) atoms. The molecule has 2 N–H and O–H groups in total. The van der Waals surface area contributed by atoms with Crippen molar-refractivity contribution in [3.8, 4) is 0 Å². The van der Waals surface area contributed by atoms with Gasteiger partial charge in [0.05, 0.1) is 11.6 Å². The molecule has 1 aromatic heterocycles. The van der Waals surface area contributed by atoms with Crippen LogP contribution < -0.4 is 5.32 Å². The molecule has 5 rings (SSSR count). The second-order valence-corrected chi connectivity index (χ2v) is 10.5. The maximum Gasteiger partial charge on any atom is 0.225 e. The Balaban J connectivity index is 1.33. The van der Waals surface area contributed by atoms with Crippen molar-refractivity contribution < 1.29 is 9.90 Å². The third-order valence-electron chi connectivity index (χ3n) is 7.75. The molecule has 1 saturated carbocycles. The number of nitrogens with zero attached hydrogens (tertiary/aromatic N) is 3. The van der Waals surface area contributed by atoms with Gasteiger partial charge in [0.1, 0.15) is 11.6 Å². The Bertz CT molecular complexity index is 1220. The number of aryl methyl sites for hydroxylation is 2. The molecule has 1 aliphatic carbocycles. The second-order valence-electron chi connectivity index (χ2n) is 10.5. The number of likely N-dealkylation sites (tertiary alicyclic amines) is 1. The molecule has 1 unspecified atom stereocenters. The Morgan fingerprint density at radius 1 is 1.06 bits per heavy atom. The number of hydrogen-bond donors (Lipinski definition) is 2. The predicted molar refractivity (Wildman–Crippen MR) is 139 cm³/mol. The number of amides is 1. The van der Waals surface area contributed by atoms with Crippen LogP contribution >= 0.6 is 0 Å². The van der Waals surface area contributed by atoms with Gasteiger partial charge in [-0.3, -0.25) is 4.79 Å². The quantitative estimate of drug-likeness (QED) is 0.528. The van der Waals surface area contributed by atoms with E-state index in [0.717, 1.165) is 48.2 Å². The summed E-state index contributed by atoms with van der Waals surface area (Å²) in [6, 6.07) is 15.3. The molecule has 184 valence electrons. The van der Waals surface area contributed by atoms with Crippen molar-refractivity contribution in [1.82, 2.24) is 14.9 Å². The molecule has 3 aromatic rings. The predicted octanol–water partition coefficient (Wildman–Crippen LogP) is 5.29. The maximum atomic E-state index is 12.9. The van der Waals surface area contributed by atoms with E-state index in [1.54, 1.807) is 0 Å². The van der Waals surface area contributed by atoms with Gasteiger partial charge in [0.2, 0.25) is 5.91 Å². The molecule has 2 heterocycles. The molecule has 2 fully saturated rings. The second kappa shape index (κ2) is 9.94. The highest BCUT2D eigenvalue weighted by Gasteiger charge is 2.33. The van der Waals surface area contributed by atoms with E-state index in [1.165, 1.54) is 16.7 Å². The van der Waals surface area contributed by atoms with E-state index in [4.69, 9.17) is 4.98 Å². The summed E-state index contributed by atoms with van der Waals surface area (Å²) >= 11 is 0. The Hall–Kier alpha value is -2.99. The third-order valence-corrected chi connectivity index (χ3v) is 7.75. The first-order valence-corrected chi connectivity index (χ1v) is 13.0. The summed E-state index contributed by atoms with van der Waals surface area (Å²) < 4.78 is 0. The number of β-amino-alcohol motifs (C(OH)–C–C–N with tert-alkyl or cyclic N) is 1. The van der Waals surface area contributed by atoms with Crippen LogP contribution in [0, 0.1) is 19.8 Å². The highest BCUT2D eigenvalue weighted by molar-refractivity contribution is 5.90. The zero-order chi connectivity index (χ0) is 24.5. The Morgan fingerprint density at radius 2 is 1.86 bits per heavy atom. The van der Waals surface area contributed by atoms with Crippen LogP contribution in [-0.2, 0) is 4.79 Å². The molecule has 0 spiro atoms. The molecule has 1 amide bonds. The standard InChI is InChI=1S/C29H36N4O2/c1-18-5-4-6-23(15-18)19(2)30-28-26-16-24(11-12-27(26)31-20(3)32-28)21-7-9-22(10-8-21)29(35)33-14-13-25(34)17-33/h4-6,11-12,15-16,19,21-22,25,34H,7-10,13-14,17H2,1-3H3,(H,30,31,32)/t19-,21?,22?,25?/m0/s1. The number of rotatable bonds is 5. The van der Waals surface area contributed by atoms with E-state index in [1.807, 2.05) is 11.8 Å². The molecule has 6 heteroatoms. The fraction of sp³-hybridized carbons (Fsp3) is 0.483. The molecule has 1 saturated heterocycles. The van der Waals surface area contributed by atoms with Crippen LogP contribution in [0.3, 0.4) is 0 Å². The van der Waals surface area contributed by atoms with Crippen LogP contribution in [0.4, 0.5) is 5.82 Å².